The summed E-state index contributed by atoms with van der Waals surface area (Å²) in [4.78, 5) is 24.6. The summed E-state index contributed by atoms with van der Waals surface area (Å²) in [5.41, 5.74) is -0.473. The highest BCUT2D eigenvalue weighted by molar-refractivity contribution is 7.90. The third-order valence-corrected chi connectivity index (χ3v) is 5.48. The molecule has 0 aliphatic heterocycles. The van der Waals surface area contributed by atoms with E-state index in [0.717, 1.165) is 0 Å². The molecule has 0 aliphatic carbocycles. The van der Waals surface area contributed by atoms with Crippen LogP contribution in [-0.4, -0.2) is 38.6 Å². The maximum atomic E-state index is 13.8. The van der Waals surface area contributed by atoms with Crippen molar-refractivity contribution in [3.05, 3.63) is 71.0 Å². The smallest absolute Gasteiger partial charge is 0.251 e. The molecule has 0 aromatic heterocycles. The topological polar surface area (TPSA) is 116 Å². The van der Waals surface area contributed by atoms with E-state index in [1.807, 2.05) is 0 Å². The molecule has 2 aromatic rings. The van der Waals surface area contributed by atoms with Gasteiger partial charge in [-0.3, -0.25) is 9.59 Å². The van der Waals surface area contributed by atoms with E-state index in [1.54, 1.807) is 24.3 Å². The largest absolute Gasteiger partial charge is 0.341 e. The van der Waals surface area contributed by atoms with Gasteiger partial charge in [-0.05, 0) is 18.2 Å². The molecule has 0 radical (unpaired) electrons. The van der Waals surface area contributed by atoms with Gasteiger partial charge >= 0.3 is 0 Å². The fourth-order valence-electron chi connectivity index (χ4n) is 2.49. The quantitative estimate of drug-likeness (QED) is 0.477. The molecule has 0 aliphatic rings. The van der Waals surface area contributed by atoms with Gasteiger partial charge in [-0.15, -0.1) is 0 Å². The summed E-state index contributed by atoms with van der Waals surface area (Å²) in [5, 5.41) is 13.0. The molecule has 0 saturated heterocycles. The third-order valence-electron chi connectivity index (χ3n) is 3.88. The van der Waals surface area contributed by atoms with Gasteiger partial charge in [-0.2, -0.15) is 5.26 Å². The van der Waals surface area contributed by atoms with E-state index in [0.29, 0.717) is 6.07 Å². The highest BCUT2D eigenvalue weighted by atomic mass is 32.2. The van der Waals surface area contributed by atoms with E-state index in [2.05, 4.69) is 10.6 Å². The Morgan fingerprint density at radius 2 is 1.67 bits per heavy atom. The Bertz CT molecular complexity index is 1090. The standard InChI is InChI=1S/C19H16F3N3O4S/c20-14-9-16(22)15(21)8-13(14)10-30(28,29)11-17(19(27)24-7-6-23)25-18(26)12-4-2-1-3-5-12/h1-5,8-9,17H,7,10-11H2,(H,24,27)(H,25,26)/t17-/m0/s1. The summed E-state index contributed by atoms with van der Waals surface area (Å²) in [6, 6.07) is 8.29. The normalized spacial score (nSPS) is 11.9. The number of hydrogen-bond acceptors (Lipinski definition) is 5. The van der Waals surface area contributed by atoms with Gasteiger partial charge in [0, 0.05) is 17.2 Å². The Labute approximate surface area is 170 Å². The lowest BCUT2D eigenvalue weighted by molar-refractivity contribution is -0.122. The fourth-order valence-corrected chi connectivity index (χ4v) is 4.04. The Hall–Kier alpha value is -3.39. The van der Waals surface area contributed by atoms with Crippen molar-refractivity contribution in [1.29, 1.82) is 5.26 Å². The zero-order valence-corrected chi connectivity index (χ0v) is 16.2. The number of nitriles is 1. The van der Waals surface area contributed by atoms with Gasteiger partial charge in [0.05, 0.1) is 17.6 Å². The van der Waals surface area contributed by atoms with Crippen molar-refractivity contribution in [2.75, 3.05) is 12.3 Å². The maximum Gasteiger partial charge on any atom is 0.251 e. The third kappa shape index (κ3) is 6.31. The van der Waals surface area contributed by atoms with Crippen LogP contribution in [0, 0.1) is 28.8 Å². The molecule has 11 heteroatoms. The minimum absolute atomic E-state index is 0.152. The molecule has 1 atom stereocenters. The number of nitrogens with one attached hydrogen (secondary N) is 2. The average molecular weight is 439 g/mol. The van der Waals surface area contributed by atoms with Crippen LogP contribution in [0.15, 0.2) is 42.5 Å². The van der Waals surface area contributed by atoms with Gasteiger partial charge in [-0.1, -0.05) is 18.2 Å². The zero-order valence-electron chi connectivity index (χ0n) is 15.4. The van der Waals surface area contributed by atoms with Crippen LogP contribution in [0.2, 0.25) is 0 Å². The predicted molar refractivity (Wildman–Crippen MR) is 100 cm³/mol. The molecule has 158 valence electrons. The SMILES string of the molecule is N#CCNC(=O)[C@H](CS(=O)(=O)Cc1cc(F)c(F)cc1F)NC(=O)c1ccccc1. The van der Waals surface area contributed by atoms with Crippen molar-refractivity contribution in [2.24, 2.45) is 0 Å². The second kappa shape index (κ2) is 9.89. The van der Waals surface area contributed by atoms with Gasteiger partial charge in [-0.25, -0.2) is 21.6 Å². The molecule has 0 fully saturated rings. The molecule has 2 rings (SSSR count). The van der Waals surface area contributed by atoms with Gasteiger partial charge in [0.2, 0.25) is 5.91 Å². The molecule has 7 nitrogen and oxygen atoms in total. The predicted octanol–water partition coefficient (Wildman–Crippen LogP) is 1.46. The molecule has 0 spiro atoms. The molecule has 0 heterocycles. The van der Waals surface area contributed by atoms with E-state index >= 15 is 0 Å². The monoisotopic (exact) mass is 439 g/mol. The highest BCUT2D eigenvalue weighted by Gasteiger charge is 2.28. The summed E-state index contributed by atoms with van der Waals surface area (Å²) in [6.45, 7) is -0.436. The van der Waals surface area contributed by atoms with Gasteiger partial charge in [0.25, 0.3) is 5.91 Å². The first-order valence-corrected chi connectivity index (χ1v) is 10.3. The van der Waals surface area contributed by atoms with Crippen molar-refractivity contribution in [3.8, 4) is 6.07 Å². The minimum Gasteiger partial charge on any atom is -0.341 e. The maximum absolute atomic E-state index is 13.8. The number of sulfone groups is 1. The van der Waals surface area contributed by atoms with E-state index < -0.39 is 68.8 Å². The van der Waals surface area contributed by atoms with Crippen LogP contribution in [0.25, 0.3) is 0 Å². The number of rotatable bonds is 8. The molecular formula is C19H16F3N3O4S. The number of hydrogen-bond donors (Lipinski definition) is 2. The number of carbonyl (C=O) groups is 2. The lowest BCUT2D eigenvalue weighted by Gasteiger charge is -2.18. The Balaban J connectivity index is 2.23. The van der Waals surface area contributed by atoms with Crippen molar-refractivity contribution < 1.29 is 31.2 Å². The van der Waals surface area contributed by atoms with Crippen molar-refractivity contribution in [2.45, 2.75) is 11.8 Å². The van der Waals surface area contributed by atoms with Crippen LogP contribution >= 0.6 is 0 Å². The van der Waals surface area contributed by atoms with Crippen molar-refractivity contribution in [3.63, 3.8) is 0 Å². The summed E-state index contributed by atoms with van der Waals surface area (Å²) in [5.74, 6) is -7.85. The second-order valence-corrected chi connectivity index (χ2v) is 8.29. The Morgan fingerprint density at radius 1 is 1.03 bits per heavy atom. The first kappa shape index (κ1) is 22.9. The summed E-state index contributed by atoms with van der Waals surface area (Å²) < 4.78 is 65.1. The number of amides is 2. The van der Waals surface area contributed by atoms with Crippen molar-refractivity contribution in [1.82, 2.24) is 10.6 Å². The zero-order chi connectivity index (χ0) is 22.3. The van der Waals surface area contributed by atoms with Crippen molar-refractivity contribution >= 4 is 21.7 Å². The molecular weight excluding hydrogens is 423 g/mol. The van der Waals surface area contributed by atoms with E-state index in [1.165, 1.54) is 12.1 Å². The number of halogens is 3. The second-order valence-electron chi connectivity index (χ2n) is 6.18. The van der Waals surface area contributed by atoms with Gasteiger partial charge in [0.15, 0.2) is 21.5 Å². The molecule has 0 unspecified atom stereocenters. The number of nitrogens with zero attached hydrogens (tertiary/aromatic N) is 1. The summed E-state index contributed by atoms with van der Waals surface area (Å²) >= 11 is 0. The Morgan fingerprint density at radius 3 is 2.30 bits per heavy atom. The first-order valence-electron chi connectivity index (χ1n) is 8.47. The van der Waals surface area contributed by atoms with Gasteiger partial charge < -0.3 is 10.6 Å². The Kier molecular flexibility index (Phi) is 7.54. The molecule has 2 amide bonds. The summed E-state index contributed by atoms with van der Waals surface area (Å²) in [7, 11) is -4.27. The molecule has 30 heavy (non-hydrogen) atoms. The van der Waals surface area contributed by atoms with Crippen LogP contribution in [-0.2, 0) is 20.4 Å². The fraction of sp³-hybridized carbons (Fsp3) is 0.211. The van der Waals surface area contributed by atoms with E-state index in [4.69, 9.17) is 5.26 Å². The number of carbonyl (C=O) groups excluding carboxylic acids is 2. The highest BCUT2D eigenvalue weighted by Crippen LogP contribution is 2.17. The molecule has 0 bridgehead atoms. The van der Waals surface area contributed by atoms with E-state index in [9.17, 15) is 31.2 Å². The van der Waals surface area contributed by atoms with Crippen LogP contribution < -0.4 is 10.6 Å². The van der Waals surface area contributed by atoms with Crippen LogP contribution in [0.5, 0.6) is 0 Å². The molecule has 0 saturated carbocycles. The van der Waals surface area contributed by atoms with Crippen LogP contribution in [0.4, 0.5) is 13.2 Å². The lowest BCUT2D eigenvalue weighted by atomic mass is 10.2. The lowest BCUT2D eigenvalue weighted by Crippen LogP contribution is -2.50. The number of benzene rings is 2. The minimum atomic E-state index is -4.27. The van der Waals surface area contributed by atoms with Gasteiger partial charge in [0.1, 0.15) is 18.4 Å². The summed E-state index contributed by atoms with van der Waals surface area (Å²) in [6.07, 6.45) is 0. The van der Waals surface area contributed by atoms with Crippen LogP contribution in [0.1, 0.15) is 15.9 Å². The molecule has 2 N–H and O–H groups in total. The van der Waals surface area contributed by atoms with E-state index in [-0.39, 0.29) is 11.6 Å². The molecule has 2 aromatic carbocycles. The first-order chi connectivity index (χ1) is 14.1. The van der Waals surface area contributed by atoms with Crippen LogP contribution in [0.3, 0.4) is 0 Å². The average Bonchev–Trinajstić information content (AvgIpc) is 2.70.